The second kappa shape index (κ2) is 8.36. The third-order valence-electron chi connectivity index (χ3n) is 3.13. The zero-order valence-electron chi connectivity index (χ0n) is 11.1. The van der Waals surface area contributed by atoms with Gasteiger partial charge in [-0.2, -0.15) is 0 Å². The van der Waals surface area contributed by atoms with Gasteiger partial charge in [-0.25, -0.2) is 0 Å². The molecule has 0 unspecified atom stereocenters. The van der Waals surface area contributed by atoms with Gasteiger partial charge in [-0.15, -0.1) is 0 Å². The molecule has 5 nitrogen and oxygen atoms in total. The quantitative estimate of drug-likeness (QED) is 0.287. The average molecular weight is 261 g/mol. The summed E-state index contributed by atoms with van der Waals surface area (Å²) in [4.78, 5) is 15.7. The molecule has 0 atom stereocenters. The number of carbonyl (C=O) groups excluding carboxylic acids is 1. The smallest absolute Gasteiger partial charge is 0.243 e. The Balaban J connectivity index is 4.03. The Morgan fingerprint density at radius 2 is 1.71 bits per heavy atom. The Morgan fingerprint density at radius 3 is 2.12 bits per heavy atom. The van der Waals surface area contributed by atoms with Gasteiger partial charge in [-0.1, -0.05) is 11.8 Å². The summed E-state index contributed by atoms with van der Waals surface area (Å²) in [6.45, 7) is 10.5. The molecular weight excluding hydrogens is 236 g/mol. The summed E-state index contributed by atoms with van der Waals surface area (Å²) in [5, 5.41) is 0.223. The molecule has 0 aliphatic heterocycles. The second-order valence-electron chi connectivity index (χ2n) is 3.98. The zero-order chi connectivity index (χ0) is 13.3. The predicted molar refractivity (Wildman–Crippen MR) is 74.9 cm³/mol. The summed E-state index contributed by atoms with van der Waals surface area (Å²) < 4.78 is 0.855. The van der Waals surface area contributed by atoms with Crippen LogP contribution < -0.4 is 11.5 Å². The topological polar surface area (TPSA) is 81.5 Å². The van der Waals surface area contributed by atoms with Gasteiger partial charge in [0.15, 0.2) is 5.96 Å². The fourth-order valence-corrected chi connectivity index (χ4v) is 2.44. The number of aliphatic imine (C=N–C) groups is 1. The highest BCUT2D eigenvalue weighted by molar-refractivity contribution is 8.13. The van der Waals surface area contributed by atoms with Crippen LogP contribution in [0, 0.1) is 0 Å². The van der Waals surface area contributed by atoms with Gasteiger partial charge < -0.3 is 16.0 Å². The van der Waals surface area contributed by atoms with Gasteiger partial charge in [0.25, 0.3) is 0 Å². The first kappa shape index (κ1) is 16.2. The Morgan fingerprint density at radius 1 is 1.18 bits per heavy atom. The summed E-state index contributed by atoms with van der Waals surface area (Å²) in [5.41, 5.74) is 10.4. The maximum atomic E-state index is 11.8. The Labute approximate surface area is 108 Å². The number of guanidine groups is 1. The van der Waals surface area contributed by atoms with Gasteiger partial charge >= 0.3 is 0 Å². The van der Waals surface area contributed by atoms with E-state index in [1.807, 2.05) is 0 Å². The van der Waals surface area contributed by atoms with Gasteiger partial charge in [0.05, 0.1) is 26.2 Å². The number of hydrogen-bond donors (Lipinski definition) is 2. The molecule has 0 saturated heterocycles. The van der Waals surface area contributed by atoms with Gasteiger partial charge in [0.1, 0.15) is 6.54 Å². The number of quaternary nitrogens is 1. The van der Waals surface area contributed by atoms with Crippen molar-refractivity contribution in [2.24, 2.45) is 16.5 Å². The molecule has 0 spiro atoms. The molecule has 4 N–H and O–H groups in total. The molecule has 100 valence electrons. The van der Waals surface area contributed by atoms with E-state index in [-0.39, 0.29) is 11.1 Å². The number of nitrogens with two attached hydrogens (primary N) is 2. The number of likely N-dealkylation sites (N-methyl/N-ethyl adjacent to an activating group) is 1. The summed E-state index contributed by atoms with van der Waals surface area (Å²) in [5.74, 6) is 0.729. The van der Waals surface area contributed by atoms with Crippen molar-refractivity contribution in [3.63, 3.8) is 0 Å². The molecule has 0 amide bonds. The number of rotatable bonds is 8. The first-order chi connectivity index (χ1) is 7.99. The van der Waals surface area contributed by atoms with E-state index in [2.05, 4.69) is 25.8 Å². The van der Waals surface area contributed by atoms with E-state index in [9.17, 15) is 4.79 Å². The van der Waals surface area contributed by atoms with E-state index < -0.39 is 0 Å². The summed E-state index contributed by atoms with van der Waals surface area (Å²) in [7, 11) is 0. The van der Waals surface area contributed by atoms with Crippen molar-refractivity contribution in [3.05, 3.63) is 0 Å². The van der Waals surface area contributed by atoms with Gasteiger partial charge in [0, 0.05) is 5.75 Å². The van der Waals surface area contributed by atoms with Crippen molar-refractivity contribution in [3.8, 4) is 0 Å². The highest BCUT2D eigenvalue weighted by Gasteiger charge is 2.24. The molecule has 0 aliphatic rings. The first-order valence-corrected chi connectivity index (χ1v) is 7.04. The van der Waals surface area contributed by atoms with Crippen LogP contribution in [0.2, 0.25) is 0 Å². The molecule has 0 heterocycles. The molecule has 0 aromatic rings. The lowest BCUT2D eigenvalue weighted by Crippen LogP contribution is -2.50. The maximum Gasteiger partial charge on any atom is 0.243 e. The van der Waals surface area contributed by atoms with E-state index in [1.165, 1.54) is 11.8 Å². The molecule has 17 heavy (non-hydrogen) atoms. The van der Waals surface area contributed by atoms with Crippen LogP contribution in [0.3, 0.4) is 0 Å². The molecule has 0 rings (SSSR count). The van der Waals surface area contributed by atoms with Crippen LogP contribution in [-0.4, -0.2) is 54.0 Å². The maximum absolute atomic E-state index is 11.8. The van der Waals surface area contributed by atoms with Crippen LogP contribution in [0.25, 0.3) is 0 Å². The fourth-order valence-electron chi connectivity index (χ4n) is 1.66. The number of carbonyl (C=O) groups is 1. The highest BCUT2D eigenvalue weighted by Crippen LogP contribution is 2.11. The fraction of sp³-hybridized carbons (Fsp3) is 0.818. The summed E-state index contributed by atoms with van der Waals surface area (Å²) in [6, 6.07) is 0. The molecule has 0 saturated carbocycles. The second-order valence-corrected chi connectivity index (χ2v) is 5.13. The number of nitrogens with zero attached hydrogens (tertiary/aromatic N) is 2. The molecule has 0 bridgehead atoms. The molecule has 0 aromatic heterocycles. The number of hydrogen-bond acceptors (Lipinski definition) is 3. The van der Waals surface area contributed by atoms with Crippen molar-refractivity contribution in [2.75, 3.05) is 38.5 Å². The monoisotopic (exact) mass is 261 g/mol. The lowest BCUT2D eigenvalue weighted by Gasteiger charge is -2.34. The minimum Gasteiger partial charge on any atom is -0.370 e. The third-order valence-corrected chi connectivity index (χ3v) is 3.96. The van der Waals surface area contributed by atoms with Crippen molar-refractivity contribution >= 4 is 22.8 Å². The molecule has 0 fully saturated rings. The van der Waals surface area contributed by atoms with Gasteiger partial charge in [0.2, 0.25) is 5.12 Å². The minimum absolute atomic E-state index is 0.0823. The van der Waals surface area contributed by atoms with Crippen LogP contribution in [0.1, 0.15) is 20.8 Å². The standard InChI is InChI=1S/C11H25N4OS/c1-4-15(5-2,6-3)9-10(16)17-8-7-14-11(12)13/h4-9H2,1-3H3,(H4,12,13,14)/q+1. The van der Waals surface area contributed by atoms with E-state index in [4.69, 9.17) is 11.5 Å². The van der Waals surface area contributed by atoms with Crippen molar-refractivity contribution in [1.29, 1.82) is 0 Å². The SMILES string of the molecule is CC[N+](CC)(CC)CC(=O)SCCN=C(N)N. The van der Waals surface area contributed by atoms with E-state index in [1.54, 1.807) is 0 Å². The normalized spacial score (nSPS) is 11.2. The van der Waals surface area contributed by atoms with Crippen LogP contribution >= 0.6 is 11.8 Å². The predicted octanol–water partition coefficient (Wildman–Crippen LogP) is 0.396. The summed E-state index contributed by atoms with van der Waals surface area (Å²) >= 11 is 1.32. The number of thioether (sulfide) groups is 1. The van der Waals surface area contributed by atoms with Crippen molar-refractivity contribution in [2.45, 2.75) is 20.8 Å². The third kappa shape index (κ3) is 6.53. The molecule has 0 radical (unpaired) electrons. The molecule has 0 aliphatic carbocycles. The molecule has 6 heteroatoms. The molecule has 0 aromatic carbocycles. The summed E-state index contributed by atoms with van der Waals surface area (Å²) in [6.07, 6.45) is 0. The van der Waals surface area contributed by atoms with Crippen molar-refractivity contribution < 1.29 is 9.28 Å². The lowest BCUT2D eigenvalue weighted by molar-refractivity contribution is -0.915. The average Bonchev–Trinajstić information content (AvgIpc) is 2.32. The Kier molecular flexibility index (Phi) is 7.99. The van der Waals surface area contributed by atoms with E-state index >= 15 is 0 Å². The lowest BCUT2D eigenvalue weighted by atomic mass is 10.3. The first-order valence-electron chi connectivity index (χ1n) is 6.05. The van der Waals surface area contributed by atoms with Crippen LogP contribution in [0.4, 0.5) is 0 Å². The van der Waals surface area contributed by atoms with Crippen molar-refractivity contribution in [1.82, 2.24) is 0 Å². The van der Waals surface area contributed by atoms with E-state index in [0.29, 0.717) is 18.8 Å². The highest BCUT2D eigenvalue weighted by atomic mass is 32.2. The van der Waals surface area contributed by atoms with Crippen LogP contribution in [0.15, 0.2) is 4.99 Å². The van der Waals surface area contributed by atoms with Crippen LogP contribution in [0.5, 0.6) is 0 Å². The van der Waals surface area contributed by atoms with Gasteiger partial charge in [-0.3, -0.25) is 9.79 Å². The minimum atomic E-state index is 0.0823. The Hall–Kier alpha value is -0.750. The van der Waals surface area contributed by atoms with Crippen LogP contribution in [-0.2, 0) is 4.79 Å². The molecular formula is C11H25N4OS+. The van der Waals surface area contributed by atoms with E-state index in [0.717, 1.165) is 24.1 Å². The zero-order valence-corrected chi connectivity index (χ0v) is 11.9. The van der Waals surface area contributed by atoms with Gasteiger partial charge in [-0.05, 0) is 20.8 Å². The Bertz CT molecular complexity index is 252. The largest absolute Gasteiger partial charge is 0.370 e.